The van der Waals surface area contributed by atoms with Gasteiger partial charge in [0.1, 0.15) is 6.54 Å². The maximum Gasteiger partial charge on any atom is 0.250 e. The Kier molecular flexibility index (Phi) is 3.76. The van der Waals surface area contributed by atoms with Gasteiger partial charge in [0, 0.05) is 50.8 Å². The molecular weight excluding hydrogens is 282 g/mol. The fourth-order valence-corrected chi connectivity index (χ4v) is 3.51. The predicted molar refractivity (Wildman–Crippen MR) is 81.2 cm³/mol. The summed E-state index contributed by atoms with van der Waals surface area (Å²) < 4.78 is 1.43. The number of piperidine rings is 1. The Morgan fingerprint density at radius 2 is 1.95 bits per heavy atom. The lowest BCUT2D eigenvalue weighted by Crippen LogP contribution is -2.45. The second-order valence-electron chi connectivity index (χ2n) is 6.47. The van der Waals surface area contributed by atoms with Crippen LogP contribution in [0.4, 0.5) is 0 Å². The molecule has 1 aromatic heterocycles. The van der Waals surface area contributed by atoms with Crippen molar-refractivity contribution in [3.63, 3.8) is 0 Å². The van der Waals surface area contributed by atoms with Crippen LogP contribution in [0.1, 0.15) is 19.3 Å². The third-order valence-electron chi connectivity index (χ3n) is 4.91. The summed E-state index contributed by atoms with van der Waals surface area (Å²) in [7, 11) is 1.84. The molecule has 0 N–H and O–H groups in total. The molecule has 3 rings (SSSR count). The highest BCUT2D eigenvalue weighted by Crippen LogP contribution is 2.40. The standard InChI is InChI=1S/C16H21N3O3/c1-17-12-16(10-14(17)21)5-8-18(9-6-16)15(22)11-19-7-3-2-4-13(19)20/h2-4,7H,5-6,8-12H2,1H3. The van der Waals surface area contributed by atoms with Crippen LogP contribution in [-0.2, 0) is 16.1 Å². The Balaban J connectivity index is 1.60. The minimum Gasteiger partial charge on any atom is -0.345 e. The van der Waals surface area contributed by atoms with Gasteiger partial charge in [-0.05, 0) is 18.9 Å². The van der Waals surface area contributed by atoms with Gasteiger partial charge in [-0.2, -0.15) is 0 Å². The Morgan fingerprint density at radius 1 is 1.23 bits per heavy atom. The van der Waals surface area contributed by atoms with E-state index in [-0.39, 0.29) is 29.3 Å². The molecule has 22 heavy (non-hydrogen) atoms. The number of hydrogen-bond donors (Lipinski definition) is 0. The number of amides is 2. The van der Waals surface area contributed by atoms with Crippen molar-refractivity contribution in [2.24, 2.45) is 5.41 Å². The first-order valence-corrected chi connectivity index (χ1v) is 7.66. The average molecular weight is 303 g/mol. The molecule has 0 aromatic carbocycles. The van der Waals surface area contributed by atoms with E-state index in [9.17, 15) is 14.4 Å². The molecule has 3 heterocycles. The summed E-state index contributed by atoms with van der Waals surface area (Å²) in [6.45, 7) is 2.22. The normalized spacial score (nSPS) is 20.7. The zero-order valence-corrected chi connectivity index (χ0v) is 12.8. The molecule has 0 bridgehead atoms. The van der Waals surface area contributed by atoms with Gasteiger partial charge in [0.25, 0.3) is 5.56 Å². The zero-order chi connectivity index (χ0) is 15.7. The van der Waals surface area contributed by atoms with Gasteiger partial charge in [-0.25, -0.2) is 0 Å². The topological polar surface area (TPSA) is 62.6 Å². The smallest absolute Gasteiger partial charge is 0.250 e. The molecule has 2 aliphatic heterocycles. The van der Waals surface area contributed by atoms with Crippen LogP contribution in [0.3, 0.4) is 0 Å². The monoisotopic (exact) mass is 303 g/mol. The lowest BCUT2D eigenvalue weighted by atomic mass is 9.77. The molecule has 1 aromatic rings. The fraction of sp³-hybridized carbons (Fsp3) is 0.562. The van der Waals surface area contributed by atoms with E-state index in [1.54, 1.807) is 23.2 Å². The van der Waals surface area contributed by atoms with Gasteiger partial charge in [-0.3, -0.25) is 14.4 Å². The number of rotatable bonds is 2. The van der Waals surface area contributed by atoms with Gasteiger partial charge in [-0.15, -0.1) is 0 Å². The number of pyridine rings is 1. The van der Waals surface area contributed by atoms with E-state index >= 15 is 0 Å². The number of hydrogen-bond acceptors (Lipinski definition) is 3. The van der Waals surface area contributed by atoms with Crippen LogP contribution < -0.4 is 5.56 Å². The van der Waals surface area contributed by atoms with Crippen molar-refractivity contribution in [1.29, 1.82) is 0 Å². The number of aromatic nitrogens is 1. The van der Waals surface area contributed by atoms with Crippen molar-refractivity contribution in [3.05, 3.63) is 34.7 Å². The molecule has 0 atom stereocenters. The average Bonchev–Trinajstić information content (AvgIpc) is 2.76. The van der Waals surface area contributed by atoms with E-state index in [0.717, 1.165) is 19.4 Å². The quantitative estimate of drug-likeness (QED) is 0.790. The highest BCUT2D eigenvalue weighted by molar-refractivity contribution is 5.79. The van der Waals surface area contributed by atoms with Crippen LogP contribution in [0.25, 0.3) is 0 Å². The van der Waals surface area contributed by atoms with Crippen molar-refractivity contribution < 1.29 is 9.59 Å². The summed E-state index contributed by atoms with van der Waals surface area (Å²) in [5.41, 5.74) is -0.112. The van der Waals surface area contributed by atoms with Crippen molar-refractivity contribution in [2.45, 2.75) is 25.8 Å². The van der Waals surface area contributed by atoms with Crippen LogP contribution in [0, 0.1) is 5.41 Å². The van der Waals surface area contributed by atoms with E-state index in [1.165, 1.54) is 10.6 Å². The van der Waals surface area contributed by atoms with Crippen molar-refractivity contribution in [3.8, 4) is 0 Å². The Labute approximate surface area is 129 Å². The third kappa shape index (κ3) is 2.77. The summed E-state index contributed by atoms with van der Waals surface area (Å²) in [5, 5.41) is 0. The summed E-state index contributed by atoms with van der Waals surface area (Å²) >= 11 is 0. The molecule has 2 aliphatic rings. The van der Waals surface area contributed by atoms with Crippen molar-refractivity contribution >= 4 is 11.8 Å². The second-order valence-corrected chi connectivity index (χ2v) is 6.47. The predicted octanol–water partition coefficient (Wildman–Crippen LogP) is 0.319. The lowest BCUT2D eigenvalue weighted by Gasteiger charge is -2.38. The summed E-state index contributed by atoms with van der Waals surface area (Å²) in [4.78, 5) is 39.4. The molecule has 2 amide bonds. The Bertz CT molecular complexity index is 644. The van der Waals surface area contributed by atoms with Gasteiger partial charge < -0.3 is 14.4 Å². The minimum absolute atomic E-state index is 0.0270. The number of likely N-dealkylation sites (tertiary alicyclic amines) is 2. The Hall–Kier alpha value is -2.11. The summed E-state index contributed by atoms with van der Waals surface area (Å²) in [5.74, 6) is 0.177. The van der Waals surface area contributed by atoms with Crippen molar-refractivity contribution in [1.82, 2.24) is 14.4 Å². The van der Waals surface area contributed by atoms with Gasteiger partial charge >= 0.3 is 0 Å². The number of carbonyl (C=O) groups excluding carboxylic acids is 2. The first-order valence-electron chi connectivity index (χ1n) is 7.66. The van der Waals surface area contributed by atoms with Gasteiger partial charge in [0.15, 0.2) is 0 Å². The van der Waals surface area contributed by atoms with E-state index in [0.29, 0.717) is 19.5 Å². The van der Waals surface area contributed by atoms with E-state index in [1.807, 2.05) is 11.9 Å². The van der Waals surface area contributed by atoms with E-state index in [4.69, 9.17) is 0 Å². The van der Waals surface area contributed by atoms with Crippen LogP contribution in [-0.4, -0.2) is 52.9 Å². The maximum absolute atomic E-state index is 12.3. The molecule has 6 heteroatoms. The van der Waals surface area contributed by atoms with Crippen LogP contribution in [0.2, 0.25) is 0 Å². The number of carbonyl (C=O) groups is 2. The van der Waals surface area contributed by atoms with Gasteiger partial charge in [-0.1, -0.05) is 6.07 Å². The molecule has 0 aliphatic carbocycles. The molecule has 118 valence electrons. The fourth-order valence-electron chi connectivity index (χ4n) is 3.51. The zero-order valence-electron chi connectivity index (χ0n) is 12.8. The van der Waals surface area contributed by atoms with E-state index < -0.39 is 0 Å². The highest BCUT2D eigenvalue weighted by Gasteiger charge is 2.44. The first-order chi connectivity index (χ1) is 10.5. The van der Waals surface area contributed by atoms with Gasteiger partial charge in [0.05, 0.1) is 0 Å². The second kappa shape index (κ2) is 5.59. The van der Waals surface area contributed by atoms with Gasteiger partial charge in [0.2, 0.25) is 11.8 Å². The first kappa shape index (κ1) is 14.8. The van der Waals surface area contributed by atoms with E-state index in [2.05, 4.69) is 0 Å². The molecule has 0 saturated carbocycles. The molecule has 1 spiro atoms. The summed E-state index contributed by atoms with van der Waals surface area (Å²) in [6, 6.07) is 4.87. The third-order valence-corrected chi connectivity index (χ3v) is 4.91. The van der Waals surface area contributed by atoms with Crippen LogP contribution in [0.5, 0.6) is 0 Å². The summed E-state index contributed by atoms with van der Waals surface area (Å²) in [6.07, 6.45) is 3.96. The van der Waals surface area contributed by atoms with Crippen LogP contribution in [0.15, 0.2) is 29.2 Å². The van der Waals surface area contributed by atoms with Crippen molar-refractivity contribution in [2.75, 3.05) is 26.7 Å². The molecule has 2 fully saturated rings. The maximum atomic E-state index is 12.3. The molecular formula is C16H21N3O3. The highest BCUT2D eigenvalue weighted by atomic mass is 16.2. The lowest BCUT2D eigenvalue weighted by molar-refractivity contribution is -0.134. The SMILES string of the molecule is CN1CC2(CCN(C(=O)Cn3ccccc3=O)CC2)CC1=O. The van der Waals surface area contributed by atoms with Crippen LogP contribution >= 0.6 is 0 Å². The molecule has 6 nitrogen and oxygen atoms in total. The molecule has 0 unspecified atom stereocenters. The molecule has 0 radical (unpaired) electrons. The largest absolute Gasteiger partial charge is 0.345 e. The minimum atomic E-state index is -0.160. The Morgan fingerprint density at radius 3 is 2.55 bits per heavy atom. The number of nitrogens with zero attached hydrogens (tertiary/aromatic N) is 3. The molecule has 2 saturated heterocycles.